The predicted octanol–water partition coefficient (Wildman–Crippen LogP) is 1.58. The molecule has 1 aromatic heterocycles. The van der Waals surface area contributed by atoms with Crippen LogP contribution in [0.25, 0.3) is 0 Å². The van der Waals surface area contributed by atoms with E-state index in [2.05, 4.69) is 5.16 Å². The highest BCUT2D eigenvalue weighted by Crippen LogP contribution is 2.39. The zero-order chi connectivity index (χ0) is 19.1. The summed E-state index contributed by atoms with van der Waals surface area (Å²) < 4.78 is 15.9. The third-order valence-corrected chi connectivity index (χ3v) is 5.17. The van der Waals surface area contributed by atoms with Gasteiger partial charge in [-0.05, 0) is 36.6 Å². The minimum atomic E-state index is -0.323. The molecule has 0 saturated carbocycles. The molecule has 2 aliphatic heterocycles. The third kappa shape index (κ3) is 2.90. The van der Waals surface area contributed by atoms with Crippen LogP contribution in [0.2, 0.25) is 0 Å². The zero-order valence-electron chi connectivity index (χ0n) is 15.5. The smallest absolute Gasteiger partial charge is 0.293 e. The summed E-state index contributed by atoms with van der Waals surface area (Å²) in [5.74, 6) is 1.03. The minimum absolute atomic E-state index is 0.0394. The Kier molecular flexibility index (Phi) is 4.25. The minimum Gasteiger partial charge on any atom is -0.493 e. The molecule has 2 aromatic rings. The average Bonchev–Trinajstić information content (AvgIpc) is 3.12. The van der Waals surface area contributed by atoms with E-state index < -0.39 is 0 Å². The number of piperazine rings is 1. The molecule has 0 aliphatic carbocycles. The standard InChI is InChI=1S/C19H21N3O5/c1-11-6-17(27-20-11)19(24)21-9-14-13-8-16(26-3)15(25-2)7-12(13)4-5-22(14)18(23)10-21/h6-8,14H,4-5,9-10H2,1-3H3. The van der Waals surface area contributed by atoms with Gasteiger partial charge in [-0.25, -0.2) is 0 Å². The SMILES string of the molecule is COc1cc2c(cc1OC)C1CN(C(=O)c3cc(C)no3)CC(=O)N1CC2. The number of carbonyl (C=O) groups excluding carboxylic acids is 2. The molecule has 0 bridgehead atoms. The van der Waals surface area contributed by atoms with Crippen molar-refractivity contribution in [3.8, 4) is 11.5 Å². The second-order valence-electron chi connectivity index (χ2n) is 6.78. The molecular formula is C19H21N3O5. The van der Waals surface area contributed by atoms with Crippen molar-refractivity contribution in [1.82, 2.24) is 15.0 Å². The van der Waals surface area contributed by atoms with Crippen molar-refractivity contribution in [2.45, 2.75) is 19.4 Å². The molecule has 142 valence electrons. The fraction of sp³-hybridized carbons (Fsp3) is 0.421. The van der Waals surface area contributed by atoms with E-state index in [9.17, 15) is 9.59 Å². The number of methoxy groups -OCH3 is 2. The molecule has 2 amide bonds. The molecule has 8 heteroatoms. The Labute approximate surface area is 156 Å². The van der Waals surface area contributed by atoms with Gasteiger partial charge in [0.05, 0.1) is 26.0 Å². The summed E-state index contributed by atoms with van der Waals surface area (Å²) in [5.41, 5.74) is 2.72. The van der Waals surface area contributed by atoms with E-state index in [1.54, 1.807) is 27.2 Å². The highest BCUT2D eigenvalue weighted by atomic mass is 16.5. The fourth-order valence-corrected chi connectivity index (χ4v) is 3.83. The first kappa shape index (κ1) is 17.4. The molecule has 0 N–H and O–H groups in total. The topological polar surface area (TPSA) is 85.1 Å². The Morgan fingerprint density at radius 1 is 1.22 bits per heavy atom. The zero-order valence-corrected chi connectivity index (χ0v) is 15.5. The Bertz CT molecular complexity index is 907. The van der Waals surface area contributed by atoms with E-state index >= 15 is 0 Å². The van der Waals surface area contributed by atoms with Crippen LogP contribution < -0.4 is 9.47 Å². The Morgan fingerprint density at radius 2 is 1.96 bits per heavy atom. The third-order valence-electron chi connectivity index (χ3n) is 5.17. The number of aryl methyl sites for hydroxylation is 1. The van der Waals surface area contributed by atoms with Crippen LogP contribution in [0.1, 0.15) is 33.4 Å². The number of aromatic nitrogens is 1. The number of nitrogens with zero attached hydrogens (tertiary/aromatic N) is 3. The van der Waals surface area contributed by atoms with Crippen LogP contribution in [0.15, 0.2) is 22.7 Å². The maximum atomic E-state index is 12.7. The van der Waals surface area contributed by atoms with E-state index in [0.29, 0.717) is 30.3 Å². The molecule has 1 fully saturated rings. The average molecular weight is 371 g/mol. The van der Waals surface area contributed by atoms with Gasteiger partial charge in [-0.3, -0.25) is 9.59 Å². The van der Waals surface area contributed by atoms with E-state index in [1.165, 1.54) is 4.90 Å². The second-order valence-corrected chi connectivity index (χ2v) is 6.78. The van der Waals surface area contributed by atoms with Crippen LogP contribution >= 0.6 is 0 Å². The molecule has 27 heavy (non-hydrogen) atoms. The molecule has 0 radical (unpaired) electrons. The molecule has 1 saturated heterocycles. The van der Waals surface area contributed by atoms with E-state index in [-0.39, 0.29) is 30.2 Å². The van der Waals surface area contributed by atoms with Crippen molar-refractivity contribution < 1.29 is 23.6 Å². The van der Waals surface area contributed by atoms with Crippen molar-refractivity contribution in [3.05, 3.63) is 40.8 Å². The van der Waals surface area contributed by atoms with E-state index in [1.807, 2.05) is 17.0 Å². The first-order chi connectivity index (χ1) is 13.0. The van der Waals surface area contributed by atoms with Crippen molar-refractivity contribution in [1.29, 1.82) is 0 Å². The monoisotopic (exact) mass is 371 g/mol. The number of rotatable bonds is 3. The molecule has 4 rings (SSSR count). The number of hydrogen-bond donors (Lipinski definition) is 0. The number of benzene rings is 1. The first-order valence-electron chi connectivity index (χ1n) is 8.78. The van der Waals surface area contributed by atoms with Gasteiger partial charge in [0.25, 0.3) is 5.91 Å². The molecule has 8 nitrogen and oxygen atoms in total. The summed E-state index contributed by atoms with van der Waals surface area (Å²) in [7, 11) is 3.18. The van der Waals surface area contributed by atoms with Gasteiger partial charge in [0.1, 0.15) is 6.54 Å². The lowest BCUT2D eigenvalue weighted by molar-refractivity contribution is -0.139. The van der Waals surface area contributed by atoms with Crippen LogP contribution in [0, 0.1) is 6.92 Å². The Hall–Kier alpha value is -3.03. The largest absolute Gasteiger partial charge is 0.493 e. The van der Waals surface area contributed by atoms with Gasteiger partial charge >= 0.3 is 0 Å². The van der Waals surface area contributed by atoms with Crippen molar-refractivity contribution in [3.63, 3.8) is 0 Å². The summed E-state index contributed by atoms with van der Waals surface area (Å²) in [6.07, 6.45) is 0.743. The number of carbonyl (C=O) groups is 2. The highest BCUT2D eigenvalue weighted by Gasteiger charge is 2.40. The van der Waals surface area contributed by atoms with Crippen molar-refractivity contribution in [2.24, 2.45) is 0 Å². The van der Waals surface area contributed by atoms with E-state index in [0.717, 1.165) is 17.5 Å². The van der Waals surface area contributed by atoms with Crippen LogP contribution in [-0.2, 0) is 11.2 Å². The predicted molar refractivity (Wildman–Crippen MR) is 94.8 cm³/mol. The quantitative estimate of drug-likeness (QED) is 0.814. The van der Waals surface area contributed by atoms with Crippen molar-refractivity contribution in [2.75, 3.05) is 33.9 Å². The molecule has 1 unspecified atom stereocenters. The molecule has 2 aliphatic rings. The lowest BCUT2D eigenvalue weighted by atomic mass is 9.90. The summed E-state index contributed by atoms with van der Waals surface area (Å²) >= 11 is 0. The molecule has 1 atom stereocenters. The van der Waals surface area contributed by atoms with E-state index in [4.69, 9.17) is 14.0 Å². The lowest BCUT2D eigenvalue weighted by Crippen LogP contribution is -2.55. The second kappa shape index (κ2) is 6.61. The van der Waals surface area contributed by atoms with Crippen molar-refractivity contribution >= 4 is 11.8 Å². The van der Waals surface area contributed by atoms with Gasteiger partial charge in [0.2, 0.25) is 11.7 Å². The van der Waals surface area contributed by atoms with Gasteiger partial charge in [-0.2, -0.15) is 0 Å². The summed E-state index contributed by atoms with van der Waals surface area (Å²) in [4.78, 5) is 28.8. The number of hydrogen-bond acceptors (Lipinski definition) is 6. The molecule has 1 aromatic carbocycles. The lowest BCUT2D eigenvalue weighted by Gasteiger charge is -2.44. The summed E-state index contributed by atoms with van der Waals surface area (Å²) in [6, 6.07) is 5.23. The van der Waals surface area contributed by atoms with Crippen LogP contribution in [0.5, 0.6) is 11.5 Å². The van der Waals surface area contributed by atoms with Gasteiger partial charge in [0.15, 0.2) is 11.5 Å². The normalized spacial score (nSPS) is 18.8. The van der Waals surface area contributed by atoms with Crippen LogP contribution in [0.3, 0.4) is 0 Å². The van der Waals surface area contributed by atoms with Crippen LogP contribution in [0.4, 0.5) is 0 Å². The Balaban J connectivity index is 1.68. The maximum Gasteiger partial charge on any atom is 0.293 e. The first-order valence-corrected chi connectivity index (χ1v) is 8.78. The molecule has 3 heterocycles. The summed E-state index contributed by atoms with van der Waals surface area (Å²) in [5, 5.41) is 3.76. The molecular weight excluding hydrogens is 350 g/mol. The van der Waals surface area contributed by atoms with Crippen LogP contribution in [-0.4, -0.2) is 60.6 Å². The molecule has 0 spiro atoms. The Morgan fingerprint density at radius 3 is 2.63 bits per heavy atom. The number of fused-ring (bicyclic) bond motifs is 3. The maximum absolute atomic E-state index is 12.7. The highest BCUT2D eigenvalue weighted by molar-refractivity contribution is 5.95. The van der Waals surface area contributed by atoms with Gasteiger partial charge in [-0.1, -0.05) is 5.16 Å². The van der Waals surface area contributed by atoms with Gasteiger partial charge in [-0.15, -0.1) is 0 Å². The summed E-state index contributed by atoms with van der Waals surface area (Å²) in [6.45, 7) is 2.81. The number of amides is 2. The fourth-order valence-electron chi connectivity index (χ4n) is 3.83. The van der Waals surface area contributed by atoms with Gasteiger partial charge in [0, 0.05) is 19.2 Å². The number of ether oxygens (including phenoxy) is 2. The van der Waals surface area contributed by atoms with Gasteiger partial charge < -0.3 is 23.8 Å².